The van der Waals surface area contributed by atoms with Crippen LogP contribution in [0.5, 0.6) is 0 Å². The molecule has 1 aliphatic rings. The van der Waals surface area contributed by atoms with Crippen molar-refractivity contribution in [2.24, 2.45) is 0 Å². The standard InChI is InChI=1S/C20H15Cl2F2N3O/c21-12-3-1-11(2-4-12)19-25-17-10-27(8-7-13(17)20(28)26-19)9-14-15(23)5-6-16(24)18(14)22/h1-6H,7-10H2,(H,25,26,28). The van der Waals surface area contributed by atoms with Gasteiger partial charge in [0, 0.05) is 41.3 Å². The van der Waals surface area contributed by atoms with Crippen LogP contribution in [0, 0.1) is 11.6 Å². The molecule has 2 heterocycles. The van der Waals surface area contributed by atoms with Gasteiger partial charge in [0.15, 0.2) is 0 Å². The second-order valence-electron chi connectivity index (χ2n) is 6.63. The zero-order chi connectivity index (χ0) is 19.8. The minimum absolute atomic E-state index is 0.105. The molecule has 3 aromatic rings. The highest BCUT2D eigenvalue weighted by molar-refractivity contribution is 6.31. The van der Waals surface area contributed by atoms with Crippen LogP contribution in [0.2, 0.25) is 10.0 Å². The van der Waals surface area contributed by atoms with E-state index in [4.69, 9.17) is 23.2 Å². The van der Waals surface area contributed by atoms with Crippen molar-refractivity contribution in [3.8, 4) is 11.4 Å². The van der Waals surface area contributed by atoms with Crippen LogP contribution in [0.3, 0.4) is 0 Å². The average Bonchev–Trinajstić information content (AvgIpc) is 2.68. The van der Waals surface area contributed by atoms with E-state index in [-0.39, 0.29) is 22.7 Å². The summed E-state index contributed by atoms with van der Waals surface area (Å²) in [6, 6.07) is 9.06. The zero-order valence-corrected chi connectivity index (χ0v) is 16.1. The molecule has 4 nitrogen and oxygen atoms in total. The smallest absolute Gasteiger partial charge is 0.254 e. The number of halogens is 4. The van der Waals surface area contributed by atoms with Gasteiger partial charge in [0.2, 0.25) is 0 Å². The first-order valence-electron chi connectivity index (χ1n) is 8.65. The third-order valence-corrected chi connectivity index (χ3v) is 5.45. The second-order valence-corrected chi connectivity index (χ2v) is 7.44. The maximum Gasteiger partial charge on any atom is 0.254 e. The number of nitrogens with zero attached hydrogens (tertiary/aromatic N) is 2. The molecule has 144 valence electrons. The van der Waals surface area contributed by atoms with Crippen molar-refractivity contribution in [2.75, 3.05) is 6.54 Å². The van der Waals surface area contributed by atoms with Gasteiger partial charge in [0.25, 0.3) is 5.56 Å². The Morgan fingerprint density at radius 3 is 2.54 bits per heavy atom. The van der Waals surface area contributed by atoms with Crippen molar-refractivity contribution >= 4 is 23.2 Å². The van der Waals surface area contributed by atoms with E-state index in [9.17, 15) is 13.6 Å². The molecule has 1 aliphatic heterocycles. The van der Waals surface area contributed by atoms with E-state index in [2.05, 4.69) is 9.97 Å². The fourth-order valence-corrected chi connectivity index (χ4v) is 3.65. The van der Waals surface area contributed by atoms with Gasteiger partial charge in [-0.2, -0.15) is 0 Å². The summed E-state index contributed by atoms with van der Waals surface area (Å²) in [7, 11) is 0. The van der Waals surface area contributed by atoms with Crippen molar-refractivity contribution in [1.82, 2.24) is 14.9 Å². The van der Waals surface area contributed by atoms with Gasteiger partial charge in [-0.05, 0) is 42.8 Å². The van der Waals surface area contributed by atoms with Crippen LogP contribution >= 0.6 is 23.2 Å². The number of H-pyrrole nitrogens is 1. The quantitative estimate of drug-likeness (QED) is 0.629. The van der Waals surface area contributed by atoms with E-state index in [1.165, 1.54) is 0 Å². The van der Waals surface area contributed by atoms with Crippen molar-refractivity contribution in [1.29, 1.82) is 0 Å². The molecule has 28 heavy (non-hydrogen) atoms. The highest BCUT2D eigenvalue weighted by Crippen LogP contribution is 2.26. The Morgan fingerprint density at radius 2 is 1.79 bits per heavy atom. The Bertz CT molecular complexity index is 1100. The van der Waals surface area contributed by atoms with E-state index >= 15 is 0 Å². The van der Waals surface area contributed by atoms with Gasteiger partial charge < -0.3 is 4.98 Å². The van der Waals surface area contributed by atoms with E-state index < -0.39 is 11.6 Å². The monoisotopic (exact) mass is 421 g/mol. The third-order valence-electron chi connectivity index (χ3n) is 4.79. The van der Waals surface area contributed by atoms with E-state index in [1.54, 1.807) is 24.3 Å². The van der Waals surface area contributed by atoms with Gasteiger partial charge in [-0.15, -0.1) is 0 Å². The number of hydrogen-bond acceptors (Lipinski definition) is 3. The molecule has 0 spiro atoms. The molecule has 2 aromatic carbocycles. The summed E-state index contributed by atoms with van der Waals surface area (Å²) in [6.07, 6.45) is 0.465. The largest absolute Gasteiger partial charge is 0.306 e. The molecule has 0 saturated heterocycles. The fourth-order valence-electron chi connectivity index (χ4n) is 3.31. The summed E-state index contributed by atoms with van der Waals surface area (Å²) in [6.45, 7) is 0.989. The average molecular weight is 422 g/mol. The summed E-state index contributed by atoms with van der Waals surface area (Å²) < 4.78 is 27.8. The van der Waals surface area contributed by atoms with Crippen molar-refractivity contribution < 1.29 is 8.78 Å². The first kappa shape index (κ1) is 19.1. The number of fused-ring (bicyclic) bond motifs is 1. The molecule has 8 heteroatoms. The Labute approximate surface area is 169 Å². The second kappa shape index (κ2) is 7.62. The van der Waals surface area contributed by atoms with Crippen molar-refractivity contribution in [3.63, 3.8) is 0 Å². The molecule has 0 unspecified atom stereocenters. The van der Waals surface area contributed by atoms with Gasteiger partial charge in [0.05, 0.1) is 10.7 Å². The van der Waals surface area contributed by atoms with Gasteiger partial charge in [-0.3, -0.25) is 9.69 Å². The SMILES string of the molecule is O=c1[nH]c(-c2ccc(Cl)cc2)nc2c1CCN(Cc1c(F)ccc(F)c1Cl)C2. The molecule has 0 atom stereocenters. The number of rotatable bonds is 3. The molecule has 0 bridgehead atoms. The molecule has 1 N–H and O–H groups in total. The van der Waals surface area contributed by atoms with Crippen molar-refractivity contribution in [3.05, 3.63) is 85.3 Å². The maximum atomic E-state index is 14.1. The Balaban J connectivity index is 1.64. The Hall–Kier alpha value is -2.28. The van der Waals surface area contributed by atoms with Crippen LogP contribution in [0.1, 0.15) is 16.8 Å². The Morgan fingerprint density at radius 1 is 1.07 bits per heavy atom. The van der Waals surface area contributed by atoms with Crippen LogP contribution < -0.4 is 5.56 Å². The minimum atomic E-state index is -0.657. The lowest BCUT2D eigenvalue weighted by Gasteiger charge is -2.28. The fraction of sp³-hybridized carbons (Fsp3) is 0.200. The molecule has 0 aliphatic carbocycles. The molecular weight excluding hydrogens is 407 g/mol. The summed E-state index contributed by atoms with van der Waals surface area (Å²) in [4.78, 5) is 21.8. The molecule has 0 fully saturated rings. The van der Waals surface area contributed by atoms with E-state index in [0.29, 0.717) is 41.6 Å². The van der Waals surface area contributed by atoms with Gasteiger partial charge in [-0.1, -0.05) is 23.2 Å². The lowest BCUT2D eigenvalue weighted by atomic mass is 10.0. The highest BCUT2D eigenvalue weighted by Gasteiger charge is 2.23. The number of aromatic amines is 1. The molecule has 4 rings (SSSR count). The highest BCUT2D eigenvalue weighted by atomic mass is 35.5. The van der Waals surface area contributed by atoms with E-state index in [1.807, 2.05) is 4.90 Å². The van der Waals surface area contributed by atoms with Crippen molar-refractivity contribution in [2.45, 2.75) is 19.5 Å². The molecule has 0 saturated carbocycles. The molecular formula is C20H15Cl2F2N3O. The van der Waals surface area contributed by atoms with Crippen LogP contribution in [-0.2, 0) is 19.5 Å². The summed E-state index contributed by atoms with van der Waals surface area (Å²) in [5, 5.41) is 0.371. The molecule has 0 radical (unpaired) electrons. The predicted molar refractivity (Wildman–Crippen MR) is 104 cm³/mol. The number of nitrogens with one attached hydrogen (secondary N) is 1. The summed E-state index contributed by atoms with van der Waals surface area (Å²) >= 11 is 11.8. The Kier molecular flexibility index (Phi) is 5.19. The maximum absolute atomic E-state index is 14.1. The lowest BCUT2D eigenvalue weighted by molar-refractivity contribution is 0.237. The summed E-state index contributed by atoms with van der Waals surface area (Å²) in [5.74, 6) is -0.773. The van der Waals surface area contributed by atoms with Gasteiger partial charge in [0.1, 0.15) is 17.5 Å². The van der Waals surface area contributed by atoms with Gasteiger partial charge >= 0.3 is 0 Å². The predicted octanol–water partition coefficient (Wildman–Crippen LogP) is 4.58. The minimum Gasteiger partial charge on any atom is -0.306 e. The van der Waals surface area contributed by atoms with Crippen LogP contribution in [0.25, 0.3) is 11.4 Å². The summed E-state index contributed by atoms with van der Waals surface area (Å²) in [5.41, 5.74) is 1.88. The normalized spacial score (nSPS) is 14.1. The third kappa shape index (κ3) is 3.68. The van der Waals surface area contributed by atoms with Gasteiger partial charge in [-0.25, -0.2) is 13.8 Å². The molecule has 0 amide bonds. The molecule has 1 aromatic heterocycles. The first-order chi connectivity index (χ1) is 13.4. The zero-order valence-electron chi connectivity index (χ0n) is 14.6. The van der Waals surface area contributed by atoms with E-state index in [0.717, 1.165) is 17.7 Å². The topological polar surface area (TPSA) is 49.0 Å². The van der Waals surface area contributed by atoms with Crippen LogP contribution in [0.15, 0.2) is 41.2 Å². The number of hydrogen-bond donors (Lipinski definition) is 1. The first-order valence-corrected chi connectivity index (χ1v) is 9.40. The lowest BCUT2D eigenvalue weighted by Crippen LogP contribution is -2.35. The number of benzene rings is 2. The van der Waals surface area contributed by atoms with Crippen LogP contribution in [-0.4, -0.2) is 21.4 Å². The van der Waals surface area contributed by atoms with Crippen LogP contribution in [0.4, 0.5) is 8.78 Å². The number of aromatic nitrogens is 2.